The van der Waals surface area contributed by atoms with Gasteiger partial charge in [0.15, 0.2) is 0 Å². The van der Waals surface area contributed by atoms with Crippen LogP contribution < -0.4 is 14.4 Å². The lowest BCUT2D eigenvalue weighted by atomic mass is 10.1. The number of sulfonamides is 1. The minimum Gasteiger partial charge on any atom is -0.495 e. The van der Waals surface area contributed by atoms with Crippen molar-refractivity contribution >= 4 is 50.7 Å². The number of carbonyl (C=O) groups is 2. The van der Waals surface area contributed by atoms with Crippen molar-refractivity contribution in [2.45, 2.75) is 58.7 Å². The van der Waals surface area contributed by atoms with E-state index in [-0.39, 0.29) is 37.7 Å². The van der Waals surface area contributed by atoms with Gasteiger partial charge >= 0.3 is 0 Å². The number of amides is 2. The third kappa shape index (κ3) is 9.09. The Labute approximate surface area is 229 Å². The van der Waals surface area contributed by atoms with Crippen LogP contribution in [0.3, 0.4) is 0 Å². The van der Waals surface area contributed by atoms with Crippen LogP contribution in [-0.2, 0) is 26.2 Å². The summed E-state index contributed by atoms with van der Waals surface area (Å²) in [6, 6.07) is 11.1. The summed E-state index contributed by atoms with van der Waals surface area (Å²) in [6.07, 6.45) is 1.36. The van der Waals surface area contributed by atoms with Crippen molar-refractivity contribution < 1.29 is 22.7 Å². The molecule has 2 amide bonds. The largest absolute Gasteiger partial charge is 0.495 e. The number of rotatable bonds is 11. The molecule has 0 aliphatic carbocycles. The first-order chi connectivity index (χ1) is 17.1. The molecule has 2 aromatic carbocycles. The van der Waals surface area contributed by atoms with Gasteiger partial charge in [0.1, 0.15) is 11.8 Å². The van der Waals surface area contributed by atoms with Crippen molar-refractivity contribution in [3.05, 3.63) is 58.1 Å². The Morgan fingerprint density at radius 1 is 1.08 bits per heavy atom. The Morgan fingerprint density at radius 3 is 2.30 bits per heavy atom. The summed E-state index contributed by atoms with van der Waals surface area (Å²) in [6.45, 7) is 7.44. The molecular formula is C26H35Cl2N3O5S. The molecule has 204 valence electrons. The van der Waals surface area contributed by atoms with Gasteiger partial charge in [0.2, 0.25) is 21.8 Å². The molecule has 1 N–H and O–H groups in total. The monoisotopic (exact) mass is 571 g/mol. The minimum absolute atomic E-state index is 0.0234. The fraction of sp³-hybridized carbons (Fsp3) is 0.462. The van der Waals surface area contributed by atoms with Gasteiger partial charge in [-0.3, -0.25) is 13.9 Å². The second-order valence-corrected chi connectivity index (χ2v) is 12.5. The molecule has 0 unspecified atom stereocenters. The molecule has 0 saturated carbocycles. The number of ether oxygens (including phenoxy) is 1. The van der Waals surface area contributed by atoms with Crippen molar-refractivity contribution in [2.75, 3.05) is 24.2 Å². The maximum atomic E-state index is 13.4. The van der Waals surface area contributed by atoms with Gasteiger partial charge in [-0.25, -0.2) is 8.42 Å². The molecule has 1 atom stereocenters. The molecule has 0 aliphatic rings. The van der Waals surface area contributed by atoms with Crippen molar-refractivity contribution in [3.63, 3.8) is 0 Å². The van der Waals surface area contributed by atoms with E-state index in [1.165, 1.54) is 16.3 Å². The van der Waals surface area contributed by atoms with Crippen LogP contribution in [0.15, 0.2) is 42.5 Å². The average molecular weight is 573 g/mol. The van der Waals surface area contributed by atoms with E-state index in [0.29, 0.717) is 27.0 Å². The van der Waals surface area contributed by atoms with E-state index < -0.39 is 21.6 Å². The first-order valence-corrected chi connectivity index (χ1v) is 14.4. The molecule has 8 nitrogen and oxygen atoms in total. The van der Waals surface area contributed by atoms with Crippen LogP contribution in [0.4, 0.5) is 5.69 Å². The number of halogens is 2. The van der Waals surface area contributed by atoms with Crippen molar-refractivity contribution in [3.8, 4) is 5.75 Å². The van der Waals surface area contributed by atoms with Gasteiger partial charge in [-0.1, -0.05) is 41.4 Å². The molecule has 0 saturated heterocycles. The van der Waals surface area contributed by atoms with Crippen molar-refractivity contribution in [1.82, 2.24) is 10.2 Å². The molecule has 2 aromatic rings. The lowest BCUT2D eigenvalue weighted by molar-refractivity contribution is -0.141. The van der Waals surface area contributed by atoms with Gasteiger partial charge in [-0.05, 0) is 63.9 Å². The van der Waals surface area contributed by atoms with E-state index in [0.717, 1.165) is 6.26 Å². The summed E-state index contributed by atoms with van der Waals surface area (Å²) in [7, 11) is -2.17. The summed E-state index contributed by atoms with van der Waals surface area (Å²) in [5.74, 6) is -0.184. The Morgan fingerprint density at radius 2 is 1.73 bits per heavy atom. The molecule has 0 spiro atoms. The predicted octanol–water partition coefficient (Wildman–Crippen LogP) is 4.88. The highest BCUT2D eigenvalue weighted by atomic mass is 35.5. The standard InChI is InChI=1S/C26H35Cl2N3O5S/c1-18(25(33)29-26(2,3)4)30(17-19-13-14-20(27)21(28)16-19)24(32)12-9-15-31(37(6,34)35)22-10-7-8-11-23(22)36-5/h7-8,10-11,13-14,16,18H,9,12,15,17H2,1-6H3,(H,29,33)/t18-/m1/s1. The van der Waals surface area contributed by atoms with Gasteiger partial charge in [-0.15, -0.1) is 0 Å². The zero-order valence-electron chi connectivity index (χ0n) is 22.0. The third-order valence-corrected chi connectivity index (χ3v) is 7.43. The highest BCUT2D eigenvalue weighted by Crippen LogP contribution is 2.30. The van der Waals surface area contributed by atoms with E-state index in [4.69, 9.17) is 27.9 Å². The quantitative estimate of drug-likeness (QED) is 0.414. The van der Waals surface area contributed by atoms with Crippen molar-refractivity contribution in [1.29, 1.82) is 0 Å². The number of anilines is 1. The molecule has 0 bridgehead atoms. The van der Waals surface area contributed by atoms with Gasteiger partial charge in [0.25, 0.3) is 0 Å². The van der Waals surface area contributed by atoms with Crippen LogP contribution in [0.25, 0.3) is 0 Å². The highest BCUT2D eigenvalue weighted by molar-refractivity contribution is 7.92. The summed E-state index contributed by atoms with van der Waals surface area (Å²) >= 11 is 12.2. The van der Waals surface area contributed by atoms with Crippen LogP contribution in [0, 0.1) is 0 Å². The zero-order chi connectivity index (χ0) is 28.0. The Hall–Kier alpha value is -2.49. The number of nitrogens with zero attached hydrogens (tertiary/aromatic N) is 2. The Bertz CT molecular complexity index is 1210. The van der Waals surface area contributed by atoms with E-state index >= 15 is 0 Å². The number of carbonyl (C=O) groups excluding carboxylic acids is 2. The molecule has 0 aromatic heterocycles. The van der Waals surface area contributed by atoms with Gasteiger partial charge in [-0.2, -0.15) is 0 Å². The van der Waals surface area contributed by atoms with Crippen LogP contribution in [0.1, 0.15) is 46.1 Å². The van der Waals surface area contributed by atoms with Gasteiger partial charge in [0, 0.05) is 25.0 Å². The molecule has 0 heterocycles. The summed E-state index contributed by atoms with van der Waals surface area (Å²) in [5.41, 5.74) is 0.629. The van der Waals surface area contributed by atoms with Crippen LogP contribution in [-0.4, -0.2) is 56.6 Å². The second-order valence-electron chi connectivity index (χ2n) is 9.80. The fourth-order valence-corrected chi connectivity index (χ4v) is 5.00. The minimum atomic E-state index is -3.64. The Balaban J connectivity index is 2.24. The fourth-order valence-electron chi connectivity index (χ4n) is 3.71. The SMILES string of the molecule is COc1ccccc1N(CCCC(=O)N(Cc1ccc(Cl)c(Cl)c1)[C@H](C)C(=O)NC(C)(C)C)S(C)(=O)=O. The normalized spacial score (nSPS) is 12.5. The van der Waals surface area contributed by atoms with E-state index in [1.807, 2.05) is 20.8 Å². The van der Waals surface area contributed by atoms with Crippen LogP contribution >= 0.6 is 23.2 Å². The molecule has 2 rings (SSSR count). The molecule has 0 fully saturated rings. The van der Waals surface area contributed by atoms with E-state index in [2.05, 4.69) is 5.32 Å². The lowest BCUT2D eigenvalue weighted by Crippen LogP contribution is -2.52. The van der Waals surface area contributed by atoms with Gasteiger partial charge < -0.3 is 15.0 Å². The molecule has 0 aliphatic heterocycles. The average Bonchev–Trinajstić information content (AvgIpc) is 2.80. The van der Waals surface area contributed by atoms with E-state index in [9.17, 15) is 18.0 Å². The maximum Gasteiger partial charge on any atom is 0.242 e. The zero-order valence-corrected chi connectivity index (χ0v) is 24.4. The molecule has 37 heavy (non-hydrogen) atoms. The van der Waals surface area contributed by atoms with Crippen molar-refractivity contribution in [2.24, 2.45) is 0 Å². The predicted molar refractivity (Wildman–Crippen MR) is 149 cm³/mol. The van der Waals surface area contributed by atoms with Crippen LogP contribution in [0.2, 0.25) is 10.0 Å². The molecule has 0 radical (unpaired) electrons. The first kappa shape index (κ1) is 30.7. The maximum absolute atomic E-state index is 13.4. The second kappa shape index (κ2) is 12.8. The topological polar surface area (TPSA) is 96.0 Å². The number of methoxy groups -OCH3 is 1. The summed E-state index contributed by atoms with van der Waals surface area (Å²) in [5, 5.41) is 3.64. The number of hydrogen-bond acceptors (Lipinski definition) is 5. The smallest absolute Gasteiger partial charge is 0.242 e. The number of benzene rings is 2. The van der Waals surface area contributed by atoms with E-state index in [1.54, 1.807) is 49.4 Å². The molecular weight excluding hydrogens is 537 g/mol. The third-order valence-electron chi connectivity index (χ3n) is 5.51. The summed E-state index contributed by atoms with van der Waals surface area (Å²) in [4.78, 5) is 27.8. The highest BCUT2D eigenvalue weighted by Gasteiger charge is 2.29. The van der Waals surface area contributed by atoms with Gasteiger partial charge in [0.05, 0.1) is 29.1 Å². The lowest BCUT2D eigenvalue weighted by Gasteiger charge is -2.32. The molecule has 11 heteroatoms. The summed E-state index contributed by atoms with van der Waals surface area (Å²) < 4.78 is 31.6. The Kier molecular flexibility index (Phi) is 10.7. The number of nitrogens with one attached hydrogen (secondary N) is 1. The number of para-hydroxylation sites is 2. The van der Waals surface area contributed by atoms with Crippen LogP contribution in [0.5, 0.6) is 5.75 Å². The number of hydrogen-bond donors (Lipinski definition) is 1. The first-order valence-electron chi connectivity index (χ1n) is 11.8.